The molecule has 2 aliphatic heterocycles. The Morgan fingerprint density at radius 3 is 3.10 bits per heavy atom. The zero-order chi connectivity index (χ0) is 14.1. The first-order valence-electron chi connectivity index (χ1n) is 6.53. The van der Waals surface area contributed by atoms with Crippen molar-refractivity contribution in [3.8, 4) is 22.1 Å². The maximum absolute atomic E-state index is 5.41. The molecule has 3 heterocycles. The molecule has 0 saturated heterocycles. The first kappa shape index (κ1) is 13.5. The molecule has 4 nitrogen and oxygen atoms in total. The maximum atomic E-state index is 5.41. The van der Waals surface area contributed by atoms with Gasteiger partial charge in [-0.2, -0.15) is 0 Å². The Morgan fingerprint density at radius 1 is 1.24 bits per heavy atom. The van der Waals surface area contributed by atoms with E-state index in [0.717, 1.165) is 45.8 Å². The van der Waals surface area contributed by atoms with E-state index in [1.54, 1.807) is 23.1 Å². The Hall–Kier alpha value is -1.18. The molecule has 0 N–H and O–H groups in total. The molecule has 1 aromatic carbocycles. The second kappa shape index (κ2) is 5.90. The number of rotatable bonds is 3. The number of aliphatic imine (C=N–C) groups is 1. The van der Waals surface area contributed by atoms with Crippen molar-refractivity contribution in [1.82, 2.24) is 4.98 Å². The van der Waals surface area contributed by atoms with Crippen molar-refractivity contribution in [1.29, 1.82) is 0 Å². The van der Waals surface area contributed by atoms with E-state index in [-0.39, 0.29) is 0 Å². The Labute approximate surface area is 135 Å². The van der Waals surface area contributed by atoms with Crippen LogP contribution in [0.4, 0.5) is 0 Å². The van der Waals surface area contributed by atoms with Crippen LogP contribution in [-0.4, -0.2) is 28.5 Å². The standard InChI is InChI=1S/C14H12N2O2S3/c1-2-11-12(18-8-17-11)5-9(1)13-16-10(6-20-13)7-21-14-15-3-4-19-14/h1-2,5-6H,3-4,7-8H2. The summed E-state index contributed by atoms with van der Waals surface area (Å²) in [6.07, 6.45) is 0. The molecule has 21 heavy (non-hydrogen) atoms. The summed E-state index contributed by atoms with van der Waals surface area (Å²) in [4.78, 5) is 9.15. The first-order valence-corrected chi connectivity index (χ1v) is 9.38. The number of aromatic nitrogens is 1. The van der Waals surface area contributed by atoms with E-state index in [0.29, 0.717) is 6.79 Å². The average molecular weight is 336 g/mol. The molecule has 1 aromatic heterocycles. The SMILES string of the molecule is c1cc2c(cc1-c1nc(CSC3=NCCS3)cs1)OCO2. The monoisotopic (exact) mass is 336 g/mol. The Kier molecular flexibility index (Phi) is 3.79. The second-order valence-electron chi connectivity index (χ2n) is 4.50. The highest BCUT2D eigenvalue weighted by atomic mass is 32.2. The summed E-state index contributed by atoms with van der Waals surface area (Å²) in [5, 5.41) is 3.14. The zero-order valence-electron chi connectivity index (χ0n) is 11.1. The van der Waals surface area contributed by atoms with E-state index >= 15 is 0 Å². The summed E-state index contributed by atoms with van der Waals surface area (Å²) in [6, 6.07) is 5.96. The highest BCUT2D eigenvalue weighted by molar-refractivity contribution is 8.38. The fourth-order valence-corrected chi connectivity index (χ4v) is 4.90. The van der Waals surface area contributed by atoms with Gasteiger partial charge in [-0.25, -0.2) is 4.98 Å². The molecule has 4 rings (SSSR count). The van der Waals surface area contributed by atoms with Crippen LogP contribution >= 0.6 is 34.9 Å². The Balaban J connectivity index is 1.48. The lowest BCUT2D eigenvalue weighted by atomic mass is 10.2. The molecular formula is C14H12N2O2S3. The number of ether oxygens (including phenoxy) is 2. The zero-order valence-corrected chi connectivity index (χ0v) is 13.5. The van der Waals surface area contributed by atoms with Crippen molar-refractivity contribution in [2.75, 3.05) is 19.1 Å². The minimum atomic E-state index is 0.304. The lowest BCUT2D eigenvalue weighted by Gasteiger charge is -1.99. The average Bonchev–Trinajstić information content (AvgIpc) is 3.25. The molecular weight excluding hydrogens is 324 g/mol. The van der Waals surface area contributed by atoms with Gasteiger partial charge >= 0.3 is 0 Å². The van der Waals surface area contributed by atoms with E-state index in [4.69, 9.17) is 14.5 Å². The highest BCUT2D eigenvalue weighted by Gasteiger charge is 2.15. The van der Waals surface area contributed by atoms with Gasteiger partial charge in [-0.15, -0.1) is 11.3 Å². The topological polar surface area (TPSA) is 43.7 Å². The van der Waals surface area contributed by atoms with E-state index in [2.05, 4.69) is 10.4 Å². The van der Waals surface area contributed by atoms with E-state index < -0.39 is 0 Å². The van der Waals surface area contributed by atoms with Gasteiger partial charge in [0, 0.05) is 22.4 Å². The van der Waals surface area contributed by atoms with Crippen LogP contribution < -0.4 is 9.47 Å². The largest absolute Gasteiger partial charge is 0.454 e. The third-order valence-corrected chi connectivity index (χ3v) is 6.30. The summed E-state index contributed by atoms with van der Waals surface area (Å²) in [7, 11) is 0. The van der Waals surface area contributed by atoms with Gasteiger partial charge in [-0.3, -0.25) is 4.99 Å². The number of fused-ring (bicyclic) bond motifs is 1. The highest BCUT2D eigenvalue weighted by Crippen LogP contribution is 2.37. The van der Waals surface area contributed by atoms with Gasteiger partial charge in [0.25, 0.3) is 0 Å². The number of thioether (sulfide) groups is 2. The molecule has 0 atom stereocenters. The lowest BCUT2D eigenvalue weighted by Crippen LogP contribution is -1.92. The van der Waals surface area contributed by atoms with Gasteiger partial charge in [0.1, 0.15) is 9.38 Å². The summed E-state index contributed by atoms with van der Waals surface area (Å²) < 4.78 is 11.9. The number of nitrogens with zero attached hydrogens (tertiary/aromatic N) is 2. The third kappa shape index (κ3) is 2.90. The minimum absolute atomic E-state index is 0.304. The minimum Gasteiger partial charge on any atom is -0.454 e. The third-order valence-electron chi connectivity index (χ3n) is 3.07. The molecule has 0 amide bonds. The van der Waals surface area contributed by atoms with Crippen LogP contribution in [0.3, 0.4) is 0 Å². The van der Waals surface area contributed by atoms with Crippen LogP contribution in [0.15, 0.2) is 28.6 Å². The summed E-state index contributed by atoms with van der Waals surface area (Å²) >= 11 is 5.28. The molecule has 0 radical (unpaired) electrons. The van der Waals surface area contributed by atoms with Crippen molar-refractivity contribution in [3.05, 3.63) is 29.3 Å². The molecule has 2 aromatic rings. The fraction of sp³-hybridized carbons (Fsp3) is 0.286. The second-order valence-corrected chi connectivity index (χ2v) is 7.66. The summed E-state index contributed by atoms with van der Waals surface area (Å²) in [6.45, 7) is 1.25. The van der Waals surface area contributed by atoms with Gasteiger partial charge in [-0.1, -0.05) is 23.5 Å². The van der Waals surface area contributed by atoms with Crippen LogP contribution in [0, 0.1) is 0 Å². The number of thiazole rings is 1. The van der Waals surface area contributed by atoms with Crippen molar-refractivity contribution in [2.45, 2.75) is 5.75 Å². The van der Waals surface area contributed by atoms with Crippen molar-refractivity contribution < 1.29 is 9.47 Å². The molecule has 2 aliphatic rings. The van der Waals surface area contributed by atoms with E-state index in [1.165, 1.54) is 4.38 Å². The van der Waals surface area contributed by atoms with Gasteiger partial charge in [0.15, 0.2) is 11.5 Å². The van der Waals surface area contributed by atoms with Gasteiger partial charge < -0.3 is 9.47 Å². The predicted octanol–water partition coefficient (Wildman–Crippen LogP) is 3.87. The normalized spacial score (nSPS) is 16.3. The quantitative estimate of drug-likeness (QED) is 0.851. The number of benzene rings is 1. The maximum Gasteiger partial charge on any atom is 0.231 e. The number of hydrogen-bond donors (Lipinski definition) is 0. The van der Waals surface area contributed by atoms with E-state index in [1.807, 2.05) is 30.0 Å². The Morgan fingerprint density at radius 2 is 2.19 bits per heavy atom. The summed E-state index contributed by atoms with van der Waals surface area (Å²) in [5.74, 6) is 3.60. The summed E-state index contributed by atoms with van der Waals surface area (Å²) in [5.41, 5.74) is 2.18. The lowest BCUT2D eigenvalue weighted by molar-refractivity contribution is 0.174. The van der Waals surface area contributed by atoms with Gasteiger partial charge in [-0.05, 0) is 18.2 Å². The van der Waals surface area contributed by atoms with Crippen LogP contribution in [0.2, 0.25) is 0 Å². The molecule has 0 bridgehead atoms. The van der Waals surface area contributed by atoms with Gasteiger partial charge in [0.2, 0.25) is 6.79 Å². The van der Waals surface area contributed by atoms with E-state index in [9.17, 15) is 0 Å². The molecule has 0 spiro atoms. The molecule has 0 aliphatic carbocycles. The van der Waals surface area contributed by atoms with Crippen LogP contribution in [-0.2, 0) is 5.75 Å². The predicted molar refractivity (Wildman–Crippen MR) is 89.7 cm³/mol. The fourth-order valence-electron chi connectivity index (χ4n) is 2.07. The molecule has 108 valence electrons. The van der Waals surface area contributed by atoms with Crippen LogP contribution in [0.1, 0.15) is 5.69 Å². The first-order chi connectivity index (χ1) is 10.4. The van der Waals surface area contributed by atoms with Crippen molar-refractivity contribution in [2.24, 2.45) is 4.99 Å². The Bertz CT molecular complexity index is 699. The number of hydrogen-bond acceptors (Lipinski definition) is 7. The molecule has 0 fully saturated rings. The van der Waals surface area contributed by atoms with Crippen LogP contribution in [0.5, 0.6) is 11.5 Å². The molecule has 0 unspecified atom stereocenters. The molecule has 0 saturated carbocycles. The smallest absolute Gasteiger partial charge is 0.231 e. The van der Waals surface area contributed by atoms with Crippen LogP contribution in [0.25, 0.3) is 10.6 Å². The van der Waals surface area contributed by atoms with Crippen molar-refractivity contribution >= 4 is 39.2 Å². The van der Waals surface area contributed by atoms with Crippen molar-refractivity contribution in [3.63, 3.8) is 0 Å². The molecule has 7 heteroatoms. The van der Waals surface area contributed by atoms with Gasteiger partial charge in [0.05, 0.1) is 12.2 Å².